The molecule has 0 spiro atoms. The molecule has 0 saturated heterocycles. The number of carbonyl (C=O) groups excluding carboxylic acids is 1. The van der Waals surface area contributed by atoms with Gasteiger partial charge in [0.05, 0.1) is 16.5 Å². The van der Waals surface area contributed by atoms with Crippen LogP contribution in [0.4, 0.5) is 0 Å². The minimum atomic E-state index is -3.69. The van der Waals surface area contributed by atoms with E-state index >= 15 is 0 Å². The van der Waals surface area contributed by atoms with Crippen LogP contribution < -0.4 is 4.72 Å². The number of hydrogen-bond acceptors (Lipinski definition) is 5. The Morgan fingerprint density at radius 3 is 2.46 bits per heavy atom. The number of sulfonamides is 1. The molecule has 0 heterocycles. The second kappa shape index (κ2) is 9.51. The van der Waals surface area contributed by atoms with Gasteiger partial charge >= 0.3 is 5.97 Å². The van der Waals surface area contributed by atoms with Crippen LogP contribution in [0.25, 0.3) is 6.08 Å². The smallest absolute Gasteiger partial charge is 0.338 e. The predicted molar refractivity (Wildman–Crippen MR) is 97.6 cm³/mol. The summed E-state index contributed by atoms with van der Waals surface area (Å²) in [6, 6.07) is 16.9. The minimum absolute atomic E-state index is 0.0240. The molecule has 0 aliphatic rings. The van der Waals surface area contributed by atoms with E-state index in [4.69, 9.17) is 10.00 Å². The van der Waals surface area contributed by atoms with Gasteiger partial charge in [-0.2, -0.15) is 5.26 Å². The van der Waals surface area contributed by atoms with Crippen LogP contribution in [0.2, 0.25) is 0 Å². The maximum absolute atomic E-state index is 12.0. The van der Waals surface area contributed by atoms with Crippen LogP contribution in [0.5, 0.6) is 0 Å². The van der Waals surface area contributed by atoms with E-state index in [1.807, 2.05) is 42.5 Å². The number of nitrogens with one attached hydrogen (secondary N) is 1. The van der Waals surface area contributed by atoms with E-state index in [1.165, 1.54) is 24.3 Å². The summed E-state index contributed by atoms with van der Waals surface area (Å²) >= 11 is 0. The monoisotopic (exact) mass is 370 g/mol. The average Bonchev–Trinajstić information content (AvgIpc) is 2.66. The topological polar surface area (TPSA) is 96.3 Å². The van der Waals surface area contributed by atoms with Crippen LogP contribution in [-0.2, 0) is 14.8 Å². The molecule has 26 heavy (non-hydrogen) atoms. The number of ether oxygens (including phenoxy) is 1. The molecule has 0 aromatic heterocycles. The summed E-state index contributed by atoms with van der Waals surface area (Å²) in [5.74, 6) is -0.538. The van der Waals surface area contributed by atoms with Crippen molar-refractivity contribution in [1.29, 1.82) is 5.26 Å². The zero-order valence-electron chi connectivity index (χ0n) is 14.0. The molecule has 0 amide bonds. The Morgan fingerprint density at radius 2 is 1.81 bits per heavy atom. The Balaban J connectivity index is 1.90. The van der Waals surface area contributed by atoms with Gasteiger partial charge in [0, 0.05) is 13.0 Å². The van der Waals surface area contributed by atoms with Gasteiger partial charge in [-0.05, 0) is 35.9 Å². The summed E-state index contributed by atoms with van der Waals surface area (Å²) in [6.07, 6.45) is 3.65. The Hall–Kier alpha value is -2.95. The quantitative estimate of drug-likeness (QED) is 0.569. The van der Waals surface area contributed by atoms with Gasteiger partial charge in [0.15, 0.2) is 0 Å². The fraction of sp³-hybridized carbons (Fsp3) is 0.158. The van der Waals surface area contributed by atoms with Crippen molar-refractivity contribution in [3.05, 3.63) is 71.8 Å². The van der Waals surface area contributed by atoms with E-state index in [1.54, 1.807) is 6.08 Å². The van der Waals surface area contributed by atoms with Crippen molar-refractivity contribution in [3.8, 4) is 6.07 Å². The summed E-state index contributed by atoms with van der Waals surface area (Å²) in [7, 11) is -3.69. The van der Waals surface area contributed by atoms with Crippen molar-refractivity contribution < 1.29 is 17.9 Å². The molecule has 0 bridgehead atoms. The molecule has 134 valence electrons. The highest BCUT2D eigenvalue weighted by Crippen LogP contribution is 2.11. The molecule has 6 nitrogen and oxygen atoms in total. The molecule has 2 aromatic rings. The van der Waals surface area contributed by atoms with Crippen molar-refractivity contribution in [3.63, 3.8) is 0 Å². The first-order chi connectivity index (χ1) is 12.5. The fourth-order valence-corrected chi connectivity index (χ4v) is 3.08. The lowest BCUT2D eigenvalue weighted by atomic mass is 10.2. The Morgan fingerprint density at radius 1 is 1.12 bits per heavy atom. The summed E-state index contributed by atoms with van der Waals surface area (Å²) in [6.45, 7) is 0.153. The molecule has 0 unspecified atom stereocenters. The molecular formula is C19H18N2O4S. The van der Waals surface area contributed by atoms with Crippen LogP contribution in [0.3, 0.4) is 0 Å². The lowest BCUT2D eigenvalue weighted by Crippen LogP contribution is -2.24. The molecule has 0 radical (unpaired) electrons. The highest BCUT2D eigenvalue weighted by Gasteiger charge is 2.14. The molecule has 0 saturated carbocycles. The first-order valence-electron chi connectivity index (χ1n) is 7.88. The number of esters is 1. The zero-order chi connectivity index (χ0) is 18.8. The van der Waals surface area contributed by atoms with Crippen molar-refractivity contribution in [1.82, 2.24) is 4.72 Å². The maximum Gasteiger partial charge on any atom is 0.338 e. The summed E-state index contributed by atoms with van der Waals surface area (Å²) in [5.41, 5.74) is 1.26. The van der Waals surface area contributed by atoms with Gasteiger partial charge in [-0.3, -0.25) is 0 Å². The molecule has 1 N–H and O–H groups in total. The summed E-state index contributed by atoms with van der Waals surface area (Å²) in [4.78, 5) is 12.0. The van der Waals surface area contributed by atoms with E-state index in [9.17, 15) is 13.2 Å². The SMILES string of the molecule is N#CCCNS(=O)(=O)c1ccc(C(=O)OC/C=C/c2ccccc2)cc1. The van der Waals surface area contributed by atoms with Gasteiger partial charge in [-0.25, -0.2) is 17.9 Å². The number of rotatable bonds is 8. The van der Waals surface area contributed by atoms with Crippen molar-refractivity contribution in [2.24, 2.45) is 0 Å². The Labute approximate surface area is 152 Å². The number of hydrogen-bond donors (Lipinski definition) is 1. The minimum Gasteiger partial charge on any atom is -0.458 e. The van der Waals surface area contributed by atoms with Gasteiger partial charge < -0.3 is 4.74 Å². The molecule has 2 aromatic carbocycles. The first-order valence-corrected chi connectivity index (χ1v) is 9.36. The summed E-state index contributed by atoms with van der Waals surface area (Å²) < 4.78 is 31.4. The van der Waals surface area contributed by atoms with Crippen LogP contribution >= 0.6 is 0 Å². The van der Waals surface area contributed by atoms with Gasteiger partial charge in [0.25, 0.3) is 0 Å². The fourth-order valence-electron chi connectivity index (χ4n) is 2.05. The second-order valence-corrected chi connectivity index (χ2v) is 7.01. The predicted octanol–water partition coefficient (Wildman–Crippen LogP) is 2.75. The molecule has 7 heteroatoms. The molecule has 0 aliphatic heterocycles. The average molecular weight is 370 g/mol. The number of carbonyl (C=O) groups is 1. The van der Waals surface area contributed by atoms with Crippen molar-refractivity contribution in [2.75, 3.05) is 13.2 Å². The molecular weight excluding hydrogens is 352 g/mol. The molecule has 0 fully saturated rings. The molecule has 0 atom stereocenters. The highest BCUT2D eigenvalue weighted by atomic mass is 32.2. The lowest BCUT2D eigenvalue weighted by Gasteiger charge is -2.06. The van der Waals surface area contributed by atoms with Crippen LogP contribution in [-0.4, -0.2) is 27.5 Å². The van der Waals surface area contributed by atoms with Crippen LogP contribution in [0, 0.1) is 11.3 Å². The van der Waals surface area contributed by atoms with E-state index < -0.39 is 16.0 Å². The standard InChI is InChI=1S/C19H18N2O4S/c20-13-5-14-21-26(23,24)18-11-9-17(10-12-18)19(22)25-15-4-8-16-6-2-1-3-7-16/h1-4,6-12,21H,5,14-15H2/b8-4+. The van der Waals surface area contributed by atoms with Gasteiger partial charge in [-0.15, -0.1) is 0 Å². The zero-order valence-corrected chi connectivity index (χ0v) is 14.8. The van der Waals surface area contributed by atoms with Gasteiger partial charge in [0.2, 0.25) is 10.0 Å². The van der Waals surface area contributed by atoms with E-state index in [0.717, 1.165) is 5.56 Å². The Bertz CT molecular complexity index is 899. The van der Waals surface area contributed by atoms with Crippen molar-refractivity contribution in [2.45, 2.75) is 11.3 Å². The normalized spacial score (nSPS) is 11.2. The van der Waals surface area contributed by atoms with E-state index in [-0.39, 0.29) is 30.0 Å². The first kappa shape index (κ1) is 19.4. The number of benzene rings is 2. The summed E-state index contributed by atoms with van der Waals surface area (Å²) in [5, 5.41) is 8.44. The maximum atomic E-state index is 12.0. The third kappa shape index (κ3) is 5.84. The second-order valence-electron chi connectivity index (χ2n) is 5.24. The van der Waals surface area contributed by atoms with Crippen LogP contribution in [0.1, 0.15) is 22.3 Å². The number of nitrogens with zero attached hydrogens (tertiary/aromatic N) is 1. The number of nitriles is 1. The lowest BCUT2D eigenvalue weighted by molar-refractivity contribution is 0.0550. The van der Waals surface area contributed by atoms with E-state index in [2.05, 4.69) is 4.72 Å². The molecule has 2 rings (SSSR count). The largest absolute Gasteiger partial charge is 0.458 e. The van der Waals surface area contributed by atoms with E-state index in [0.29, 0.717) is 0 Å². The molecule has 0 aliphatic carbocycles. The van der Waals surface area contributed by atoms with Crippen molar-refractivity contribution >= 4 is 22.1 Å². The van der Waals surface area contributed by atoms with Gasteiger partial charge in [-0.1, -0.05) is 36.4 Å². The van der Waals surface area contributed by atoms with Gasteiger partial charge in [0.1, 0.15) is 6.61 Å². The third-order valence-corrected chi connectivity index (χ3v) is 4.83. The van der Waals surface area contributed by atoms with Crippen LogP contribution in [0.15, 0.2) is 65.6 Å². The Kier molecular flexibility index (Phi) is 7.09. The highest BCUT2D eigenvalue weighted by molar-refractivity contribution is 7.89. The third-order valence-electron chi connectivity index (χ3n) is 3.35.